The van der Waals surface area contributed by atoms with E-state index < -0.39 is 0 Å². The SMILES string of the molecule is Cc1cccc(C(=O)N2CC(CN)C2)c1. The van der Waals surface area contributed by atoms with Gasteiger partial charge < -0.3 is 10.6 Å². The number of nitrogens with zero attached hydrogens (tertiary/aromatic N) is 1. The Labute approximate surface area is 89.9 Å². The molecule has 1 aliphatic rings. The quantitative estimate of drug-likeness (QED) is 0.782. The van der Waals surface area contributed by atoms with Gasteiger partial charge in [-0.2, -0.15) is 0 Å². The van der Waals surface area contributed by atoms with E-state index in [0.29, 0.717) is 12.5 Å². The van der Waals surface area contributed by atoms with E-state index in [2.05, 4.69) is 0 Å². The normalized spacial score (nSPS) is 16.3. The summed E-state index contributed by atoms with van der Waals surface area (Å²) in [5.74, 6) is 0.627. The number of carbonyl (C=O) groups is 1. The van der Waals surface area contributed by atoms with Gasteiger partial charge in [0.05, 0.1) is 0 Å². The van der Waals surface area contributed by atoms with E-state index >= 15 is 0 Å². The van der Waals surface area contributed by atoms with Crippen molar-refractivity contribution < 1.29 is 4.79 Å². The first-order chi connectivity index (χ1) is 7.20. The summed E-state index contributed by atoms with van der Waals surface area (Å²) in [4.78, 5) is 13.8. The number of amides is 1. The third-order valence-electron chi connectivity index (χ3n) is 2.84. The minimum atomic E-state index is 0.128. The lowest BCUT2D eigenvalue weighted by Crippen LogP contribution is -2.52. The number of hydrogen-bond donors (Lipinski definition) is 1. The molecule has 0 aromatic heterocycles. The van der Waals surface area contributed by atoms with Crippen LogP contribution in [0.15, 0.2) is 24.3 Å². The number of benzene rings is 1. The largest absolute Gasteiger partial charge is 0.338 e. The Kier molecular flexibility index (Phi) is 2.73. The first-order valence-corrected chi connectivity index (χ1v) is 5.26. The van der Waals surface area contributed by atoms with Crippen molar-refractivity contribution in [1.29, 1.82) is 0 Å². The third-order valence-corrected chi connectivity index (χ3v) is 2.84. The third kappa shape index (κ3) is 2.02. The van der Waals surface area contributed by atoms with Crippen molar-refractivity contribution in [2.75, 3.05) is 19.6 Å². The molecule has 3 nitrogen and oxygen atoms in total. The molecule has 2 N–H and O–H groups in total. The molecule has 15 heavy (non-hydrogen) atoms. The van der Waals surface area contributed by atoms with Crippen LogP contribution in [0.2, 0.25) is 0 Å². The molecule has 1 aromatic carbocycles. The highest BCUT2D eigenvalue weighted by atomic mass is 16.2. The Hall–Kier alpha value is -1.35. The van der Waals surface area contributed by atoms with E-state index in [1.54, 1.807) is 0 Å². The Balaban J connectivity index is 2.03. The fourth-order valence-corrected chi connectivity index (χ4v) is 1.85. The number of likely N-dealkylation sites (tertiary alicyclic amines) is 1. The Morgan fingerprint density at radius 1 is 1.53 bits per heavy atom. The summed E-state index contributed by atoms with van der Waals surface area (Å²) < 4.78 is 0. The van der Waals surface area contributed by atoms with Crippen LogP contribution in [-0.2, 0) is 0 Å². The number of nitrogens with two attached hydrogens (primary N) is 1. The van der Waals surface area contributed by atoms with Gasteiger partial charge in [-0.1, -0.05) is 17.7 Å². The summed E-state index contributed by atoms with van der Waals surface area (Å²) in [7, 11) is 0. The highest BCUT2D eigenvalue weighted by Crippen LogP contribution is 2.17. The molecule has 2 rings (SSSR count). The molecule has 0 unspecified atom stereocenters. The lowest BCUT2D eigenvalue weighted by molar-refractivity contribution is 0.0515. The van der Waals surface area contributed by atoms with Crippen LogP contribution in [0.4, 0.5) is 0 Å². The Morgan fingerprint density at radius 3 is 2.87 bits per heavy atom. The zero-order chi connectivity index (χ0) is 10.8. The number of rotatable bonds is 2. The van der Waals surface area contributed by atoms with Crippen molar-refractivity contribution in [2.45, 2.75) is 6.92 Å². The van der Waals surface area contributed by atoms with Gasteiger partial charge in [0.2, 0.25) is 0 Å². The number of aryl methyl sites for hydroxylation is 1. The van der Waals surface area contributed by atoms with Gasteiger partial charge in [-0.05, 0) is 25.6 Å². The fraction of sp³-hybridized carbons (Fsp3) is 0.417. The van der Waals surface area contributed by atoms with Crippen LogP contribution in [0.3, 0.4) is 0 Å². The highest BCUT2D eigenvalue weighted by molar-refractivity contribution is 5.94. The standard InChI is InChI=1S/C12H16N2O/c1-9-3-2-4-11(5-9)12(15)14-7-10(6-13)8-14/h2-5,10H,6-8,13H2,1H3. The lowest BCUT2D eigenvalue weighted by atomic mass is 9.99. The molecule has 1 saturated heterocycles. The smallest absolute Gasteiger partial charge is 0.253 e. The van der Waals surface area contributed by atoms with Gasteiger partial charge >= 0.3 is 0 Å². The molecule has 1 fully saturated rings. The summed E-state index contributed by atoms with van der Waals surface area (Å²) in [5.41, 5.74) is 7.43. The Bertz CT molecular complexity index is 370. The number of hydrogen-bond acceptors (Lipinski definition) is 2. The summed E-state index contributed by atoms with van der Waals surface area (Å²) in [6.45, 7) is 4.29. The van der Waals surface area contributed by atoms with Gasteiger partial charge in [0.15, 0.2) is 0 Å². The Morgan fingerprint density at radius 2 is 2.27 bits per heavy atom. The summed E-state index contributed by atoms with van der Waals surface area (Å²) in [6, 6.07) is 7.71. The van der Waals surface area contributed by atoms with E-state index in [1.165, 1.54) is 0 Å². The molecule has 0 spiro atoms. The van der Waals surface area contributed by atoms with Crippen LogP contribution in [-0.4, -0.2) is 30.4 Å². The summed E-state index contributed by atoms with van der Waals surface area (Å²) in [5, 5.41) is 0. The monoisotopic (exact) mass is 204 g/mol. The van der Waals surface area contributed by atoms with Crippen LogP contribution in [0.25, 0.3) is 0 Å². The van der Waals surface area contributed by atoms with Crippen molar-refractivity contribution in [2.24, 2.45) is 11.7 Å². The summed E-state index contributed by atoms with van der Waals surface area (Å²) >= 11 is 0. The molecule has 1 aliphatic heterocycles. The van der Waals surface area contributed by atoms with Gasteiger partial charge in [0, 0.05) is 24.6 Å². The predicted octanol–water partition coefficient (Wildman–Crippen LogP) is 1.03. The van der Waals surface area contributed by atoms with Crippen molar-refractivity contribution >= 4 is 5.91 Å². The molecule has 1 heterocycles. The summed E-state index contributed by atoms with van der Waals surface area (Å²) in [6.07, 6.45) is 0. The van der Waals surface area contributed by atoms with Gasteiger partial charge in [-0.3, -0.25) is 4.79 Å². The minimum Gasteiger partial charge on any atom is -0.338 e. The molecule has 80 valence electrons. The second kappa shape index (κ2) is 4.03. The molecule has 1 amide bonds. The van der Waals surface area contributed by atoms with E-state index in [4.69, 9.17) is 5.73 Å². The molecular formula is C12H16N2O. The van der Waals surface area contributed by atoms with Crippen LogP contribution < -0.4 is 5.73 Å². The minimum absolute atomic E-state index is 0.128. The molecular weight excluding hydrogens is 188 g/mol. The first kappa shape index (κ1) is 10.2. The molecule has 0 bridgehead atoms. The fourth-order valence-electron chi connectivity index (χ4n) is 1.85. The van der Waals surface area contributed by atoms with Crippen LogP contribution >= 0.6 is 0 Å². The van der Waals surface area contributed by atoms with Gasteiger partial charge in [0.25, 0.3) is 5.91 Å². The maximum Gasteiger partial charge on any atom is 0.253 e. The molecule has 0 saturated carbocycles. The highest BCUT2D eigenvalue weighted by Gasteiger charge is 2.29. The van der Waals surface area contributed by atoms with E-state index in [1.807, 2.05) is 36.1 Å². The average Bonchev–Trinajstić information content (AvgIpc) is 2.16. The maximum absolute atomic E-state index is 11.9. The molecule has 1 aromatic rings. The zero-order valence-corrected chi connectivity index (χ0v) is 8.94. The maximum atomic E-state index is 11.9. The van der Waals surface area contributed by atoms with Crippen LogP contribution in [0.5, 0.6) is 0 Å². The topological polar surface area (TPSA) is 46.3 Å². The van der Waals surface area contributed by atoms with Crippen LogP contribution in [0.1, 0.15) is 15.9 Å². The second-order valence-corrected chi connectivity index (χ2v) is 4.18. The zero-order valence-electron chi connectivity index (χ0n) is 8.94. The predicted molar refractivity (Wildman–Crippen MR) is 59.6 cm³/mol. The van der Waals surface area contributed by atoms with Crippen molar-refractivity contribution in [3.63, 3.8) is 0 Å². The second-order valence-electron chi connectivity index (χ2n) is 4.18. The van der Waals surface area contributed by atoms with Gasteiger partial charge in [-0.15, -0.1) is 0 Å². The molecule has 3 heteroatoms. The van der Waals surface area contributed by atoms with Crippen molar-refractivity contribution in [1.82, 2.24) is 4.90 Å². The van der Waals surface area contributed by atoms with Crippen molar-refractivity contribution in [3.05, 3.63) is 35.4 Å². The lowest BCUT2D eigenvalue weighted by Gasteiger charge is -2.38. The van der Waals surface area contributed by atoms with Gasteiger partial charge in [0.1, 0.15) is 0 Å². The van der Waals surface area contributed by atoms with E-state index in [-0.39, 0.29) is 5.91 Å². The average molecular weight is 204 g/mol. The van der Waals surface area contributed by atoms with E-state index in [9.17, 15) is 4.79 Å². The number of carbonyl (C=O) groups excluding carboxylic acids is 1. The van der Waals surface area contributed by atoms with Gasteiger partial charge in [-0.25, -0.2) is 0 Å². The first-order valence-electron chi connectivity index (χ1n) is 5.26. The molecule has 0 radical (unpaired) electrons. The van der Waals surface area contributed by atoms with Crippen molar-refractivity contribution in [3.8, 4) is 0 Å². The van der Waals surface area contributed by atoms with E-state index in [0.717, 1.165) is 24.2 Å². The van der Waals surface area contributed by atoms with Crippen LogP contribution in [0, 0.1) is 12.8 Å². The molecule has 0 aliphatic carbocycles. The molecule has 0 atom stereocenters.